The summed E-state index contributed by atoms with van der Waals surface area (Å²) in [6, 6.07) is 16.9. The minimum Gasteiger partial charge on any atom is -0.491 e. The minimum absolute atomic E-state index is 0. The van der Waals surface area contributed by atoms with Gasteiger partial charge in [-0.05, 0) is 62.4 Å². The highest BCUT2D eigenvalue weighted by Crippen LogP contribution is 2.16. The molecule has 0 bridgehead atoms. The molecule has 2 aromatic rings. The molecule has 0 spiro atoms. The lowest BCUT2D eigenvalue weighted by Gasteiger charge is -2.18. The van der Waals surface area contributed by atoms with E-state index in [9.17, 15) is 5.11 Å². The highest BCUT2D eigenvalue weighted by atomic mass is 35.5. The molecule has 3 nitrogen and oxygen atoms in total. The summed E-state index contributed by atoms with van der Waals surface area (Å²) in [6.45, 7) is 7.10. The number of nitrogens with one attached hydrogen (secondary N) is 1. The van der Waals surface area contributed by atoms with Gasteiger partial charge < -0.3 is 15.2 Å². The van der Waals surface area contributed by atoms with Crippen molar-refractivity contribution >= 4 is 12.4 Å². The second-order valence-electron chi connectivity index (χ2n) is 6.62. The van der Waals surface area contributed by atoms with E-state index < -0.39 is 6.10 Å². The van der Waals surface area contributed by atoms with Crippen molar-refractivity contribution in [2.24, 2.45) is 0 Å². The molecule has 25 heavy (non-hydrogen) atoms. The highest BCUT2D eigenvalue weighted by Gasteiger charge is 2.09. The molecule has 0 aliphatic carbocycles. The third-order valence-corrected chi connectivity index (χ3v) is 4.05. The van der Waals surface area contributed by atoms with Gasteiger partial charge in [0, 0.05) is 12.6 Å². The van der Waals surface area contributed by atoms with E-state index in [1.165, 1.54) is 16.7 Å². The molecule has 0 saturated heterocycles. The molecule has 4 heteroatoms. The Morgan fingerprint density at radius 1 is 1.04 bits per heavy atom. The molecule has 0 fully saturated rings. The van der Waals surface area contributed by atoms with Crippen LogP contribution in [0.4, 0.5) is 0 Å². The maximum atomic E-state index is 10.1. The van der Waals surface area contributed by atoms with Crippen LogP contribution in [-0.4, -0.2) is 30.4 Å². The Bertz CT molecular complexity index is 598. The Balaban J connectivity index is 0.00000312. The van der Waals surface area contributed by atoms with Crippen molar-refractivity contribution in [3.8, 4) is 5.75 Å². The Hall–Kier alpha value is -1.55. The molecule has 2 aromatic carbocycles. The van der Waals surface area contributed by atoms with Crippen LogP contribution in [0.1, 0.15) is 30.0 Å². The largest absolute Gasteiger partial charge is 0.491 e. The van der Waals surface area contributed by atoms with Crippen molar-refractivity contribution in [2.75, 3.05) is 13.2 Å². The molecule has 0 heterocycles. The van der Waals surface area contributed by atoms with E-state index in [4.69, 9.17) is 4.74 Å². The summed E-state index contributed by atoms with van der Waals surface area (Å²) < 4.78 is 5.70. The zero-order valence-corrected chi connectivity index (χ0v) is 16.2. The Kier molecular flexibility index (Phi) is 9.58. The third-order valence-electron chi connectivity index (χ3n) is 4.05. The maximum absolute atomic E-state index is 10.1. The van der Waals surface area contributed by atoms with E-state index in [2.05, 4.69) is 42.6 Å². The topological polar surface area (TPSA) is 41.5 Å². The van der Waals surface area contributed by atoms with Gasteiger partial charge in [-0.3, -0.25) is 0 Å². The summed E-state index contributed by atoms with van der Waals surface area (Å²) in [5.74, 6) is 0.823. The fourth-order valence-electron chi connectivity index (χ4n) is 2.73. The van der Waals surface area contributed by atoms with Crippen molar-refractivity contribution < 1.29 is 9.84 Å². The number of aryl methyl sites for hydroxylation is 3. The first-order valence-electron chi connectivity index (χ1n) is 8.69. The molecular formula is C21H30ClNO2. The van der Waals surface area contributed by atoms with Crippen LogP contribution >= 0.6 is 12.4 Å². The second kappa shape index (κ2) is 11.1. The van der Waals surface area contributed by atoms with Gasteiger partial charge >= 0.3 is 0 Å². The van der Waals surface area contributed by atoms with E-state index in [0.29, 0.717) is 19.2 Å². The quantitative estimate of drug-likeness (QED) is 0.705. The summed E-state index contributed by atoms with van der Waals surface area (Å²) in [4.78, 5) is 0. The molecule has 0 aliphatic rings. The van der Waals surface area contributed by atoms with Crippen LogP contribution in [0.15, 0.2) is 48.5 Å². The van der Waals surface area contributed by atoms with Gasteiger partial charge in [0.05, 0.1) is 0 Å². The van der Waals surface area contributed by atoms with Crippen molar-refractivity contribution in [3.63, 3.8) is 0 Å². The number of aliphatic hydroxyl groups excluding tert-OH is 1. The monoisotopic (exact) mass is 363 g/mol. The molecular weight excluding hydrogens is 334 g/mol. The molecule has 0 radical (unpaired) electrons. The number of ether oxygens (including phenoxy) is 1. The first-order valence-corrected chi connectivity index (χ1v) is 8.69. The summed E-state index contributed by atoms with van der Waals surface area (Å²) in [5, 5.41) is 13.5. The predicted molar refractivity (Wildman–Crippen MR) is 107 cm³/mol. The number of aliphatic hydroxyl groups is 1. The molecule has 0 aromatic heterocycles. The van der Waals surface area contributed by atoms with E-state index in [-0.39, 0.29) is 12.4 Å². The van der Waals surface area contributed by atoms with Crippen LogP contribution in [0.5, 0.6) is 5.75 Å². The number of hydrogen-bond acceptors (Lipinski definition) is 3. The first kappa shape index (κ1) is 21.5. The van der Waals surface area contributed by atoms with Crippen LogP contribution in [0.3, 0.4) is 0 Å². The Morgan fingerprint density at radius 3 is 2.32 bits per heavy atom. The fourth-order valence-corrected chi connectivity index (χ4v) is 2.73. The van der Waals surface area contributed by atoms with E-state index in [0.717, 1.165) is 18.6 Å². The van der Waals surface area contributed by atoms with Crippen molar-refractivity contribution in [1.82, 2.24) is 5.32 Å². The summed E-state index contributed by atoms with van der Waals surface area (Å²) in [5.41, 5.74) is 3.70. The number of benzene rings is 2. The zero-order chi connectivity index (χ0) is 17.4. The molecule has 2 atom stereocenters. The Morgan fingerprint density at radius 2 is 1.68 bits per heavy atom. The lowest BCUT2D eigenvalue weighted by Crippen LogP contribution is -2.36. The van der Waals surface area contributed by atoms with Gasteiger partial charge in [-0.2, -0.15) is 0 Å². The molecule has 2 rings (SSSR count). The summed E-state index contributed by atoms with van der Waals surface area (Å²) in [6.07, 6.45) is 1.59. The predicted octanol–water partition coefficient (Wildman–Crippen LogP) is 4.08. The smallest absolute Gasteiger partial charge is 0.119 e. The lowest BCUT2D eigenvalue weighted by molar-refractivity contribution is 0.104. The second-order valence-corrected chi connectivity index (χ2v) is 6.62. The maximum Gasteiger partial charge on any atom is 0.119 e. The van der Waals surface area contributed by atoms with Crippen molar-refractivity contribution in [3.05, 3.63) is 65.2 Å². The molecule has 0 amide bonds. The fraction of sp³-hybridized carbons (Fsp3) is 0.429. The van der Waals surface area contributed by atoms with Gasteiger partial charge in [-0.1, -0.05) is 36.4 Å². The van der Waals surface area contributed by atoms with E-state index in [1.807, 2.05) is 32.0 Å². The van der Waals surface area contributed by atoms with Crippen molar-refractivity contribution in [2.45, 2.75) is 45.8 Å². The molecule has 138 valence electrons. The molecule has 0 aliphatic heterocycles. The average molecular weight is 364 g/mol. The minimum atomic E-state index is -0.509. The van der Waals surface area contributed by atoms with Crippen molar-refractivity contribution in [1.29, 1.82) is 0 Å². The number of hydrogen-bond donors (Lipinski definition) is 2. The normalized spacial score (nSPS) is 13.0. The Labute approximate surface area is 157 Å². The third kappa shape index (κ3) is 8.39. The van der Waals surface area contributed by atoms with Gasteiger partial charge in [-0.15, -0.1) is 12.4 Å². The summed E-state index contributed by atoms with van der Waals surface area (Å²) >= 11 is 0. The zero-order valence-electron chi connectivity index (χ0n) is 15.4. The van der Waals surface area contributed by atoms with Crippen LogP contribution in [-0.2, 0) is 6.42 Å². The SMILES string of the molecule is Cc1cc(C)cc(OCC(O)CNC(C)CCc2ccccc2)c1.Cl. The lowest BCUT2D eigenvalue weighted by atomic mass is 10.1. The number of halogens is 1. The standard InChI is InChI=1S/C21H29NO2.ClH/c1-16-11-17(2)13-21(12-16)24-15-20(23)14-22-18(3)9-10-19-7-5-4-6-8-19;/h4-8,11-13,18,20,22-23H,9-10,14-15H2,1-3H3;1H. The van der Waals surface area contributed by atoms with E-state index in [1.54, 1.807) is 0 Å². The average Bonchev–Trinajstić information content (AvgIpc) is 2.56. The van der Waals surface area contributed by atoms with Crippen LogP contribution in [0.25, 0.3) is 0 Å². The van der Waals surface area contributed by atoms with Gasteiger partial charge in [0.2, 0.25) is 0 Å². The van der Waals surface area contributed by atoms with Crippen LogP contribution in [0.2, 0.25) is 0 Å². The van der Waals surface area contributed by atoms with Gasteiger partial charge in [0.15, 0.2) is 0 Å². The van der Waals surface area contributed by atoms with E-state index >= 15 is 0 Å². The number of rotatable bonds is 9. The molecule has 2 N–H and O–H groups in total. The van der Waals surface area contributed by atoms with Gasteiger partial charge in [0.25, 0.3) is 0 Å². The molecule has 0 saturated carbocycles. The van der Waals surface area contributed by atoms with Crippen LogP contribution < -0.4 is 10.1 Å². The summed E-state index contributed by atoms with van der Waals surface area (Å²) in [7, 11) is 0. The highest BCUT2D eigenvalue weighted by molar-refractivity contribution is 5.85. The molecule has 2 unspecified atom stereocenters. The van der Waals surface area contributed by atoms with Gasteiger partial charge in [-0.25, -0.2) is 0 Å². The van der Waals surface area contributed by atoms with Crippen LogP contribution in [0, 0.1) is 13.8 Å². The van der Waals surface area contributed by atoms with Gasteiger partial charge in [0.1, 0.15) is 18.5 Å². The first-order chi connectivity index (χ1) is 11.5.